The summed E-state index contributed by atoms with van der Waals surface area (Å²) in [7, 11) is 0. The highest BCUT2D eigenvalue weighted by Crippen LogP contribution is 2.44. The van der Waals surface area contributed by atoms with Gasteiger partial charge in [0.1, 0.15) is 5.75 Å². The largest absolute Gasteiger partial charge is 0.493 e. The predicted octanol–water partition coefficient (Wildman–Crippen LogP) is 2.46. The highest BCUT2D eigenvalue weighted by Gasteiger charge is 2.38. The van der Waals surface area contributed by atoms with E-state index in [4.69, 9.17) is 4.74 Å². The van der Waals surface area contributed by atoms with Crippen LogP contribution in [0.15, 0.2) is 24.3 Å². The minimum absolute atomic E-state index is 0.619. The second-order valence-corrected chi connectivity index (χ2v) is 3.81. The molecule has 2 heteroatoms. The molecule has 1 fully saturated rings. The lowest BCUT2D eigenvalue weighted by atomic mass is 9.75. The van der Waals surface area contributed by atoms with Crippen LogP contribution in [-0.2, 0) is 5.60 Å². The number of benzene rings is 1. The molecule has 1 saturated carbocycles. The number of hydrogen-bond donors (Lipinski definition) is 1. The third kappa shape index (κ3) is 1.50. The number of rotatable bonds is 3. The van der Waals surface area contributed by atoms with Gasteiger partial charge in [-0.1, -0.05) is 18.2 Å². The zero-order valence-electron chi connectivity index (χ0n) is 8.49. The normalized spacial score (nSPS) is 18.7. The van der Waals surface area contributed by atoms with Crippen molar-refractivity contribution in [3.05, 3.63) is 29.8 Å². The molecule has 1 aliphatic rings. The van der Waals surface area contributed by atoms with Gasteiger partial charge < -0.3 is 9.84 Å². The van der Waals surface area contributed by atoms with Gasteiger partial charge in [-0.15, -0.1) is 0 Å². The van der Waals surface area contributed by atoms with Crippen LogP contribution in [-0.4, -0.2) is 11.7 Å². The summed E-state index contributed by atoms with van der Waals surface area (Å²) in [5.74, 6) is 0.831. The molecule has 0 aromatic heterocycles. The van der Waals surface area contributed by atoms with Gasteiger partial charge in [0.05, 0.1) is 12.2 Å². The minimum Gasteiger partial charge on any atom is -0.493 e. The molecule has 2 rings (SSSR count). The van der Waals surface area contributed by atoms with Gasteiger partial charge in [-0.05, 0) is 32.3 Å². The maximum absolute atomic E-state index is 10.2. The van der Waals surface area contributed by atoms with Gasteiger partial charge in [-0.3, -0.25) is 0 Å². The first-order valence-corrected chi connectivity index (χ1v) is 5.21. The summed E-state index contributed by atoms with van der Waals surface area (Å²) < 4.78 is 5.50. The molecule has 0 amide bonds. The van der Waals surface area contributed by atoms with Gasteiger partial charge in [0.2, 0.25) is 0 Å². The van der Waals surface area contributed by atoms with Crippen LogP contribution in [0.2, 0.25) is 0 Å². The zero-order chi connectivity index (χ0) is 10.0. The van der Waals surface area contributed by atoms with Crippen molar-refractivity contribution >= 4 is 0 Å². The van der Waals surface area contributed by atoms with Gasteiger partial charge in [0.15, 0.2) is 0 Å². The SMILES string of the molecule is CCOc1ccccc1C1(O)CCC1. The van der Waals surface area contributed by atoms with Gasteiger partial charge in [0, 0.05) is 5.56 Å². The Labute approximate surface area is 84.5 Å². The highest BCUT2D eigenvalue weighted by molar-refractivity contribution is 5.39. The molecule has 76 valence electrons. The van der Waals surface area contributed by atoms with E-state index in [1.807, 2.05) is 31.2 Å². The molecule has 1 aromatic carbocycles. The van der Waals surface area contributed by atoms with E-state index in [0.717, 1.165) is 30.6 Å². The molecular weight excluding hydrogens is 176 g/mol. The van der Waals surface area contributed by atoms with Crippen molar-refractivity contribution in [1.29, 1.82) is 0 Å². The summed E-state index contributed by atoms with van der Waals surface area (Å²) in [6.45, 7) is 2.61. The Morgan fingerprint density at radius 2 is 2.07 bits per heavy atom. The van der Waals surface area contributed by atoms with Gasteiger partial charge in [0.25, 0.3) is 0 Å². The van der Waals surface area contributed by atoms with Crippen LogP contribution in [0, 0.1) is 0 Å². The summed E-state index contributed by atoms with van der Waals surface area (Å²) in [4.78, 5) is 0. The molecule has 1 aromatic rings. The number of para-hydroxylation sites is 1. The van der Waals surface area contributed by atoms with Gasteiger partial charge in [-0.25, -0.2) is 0 Å². The van der Waals surface area contributed by atoms with Crippen LogP contribution in [0.4, 0.5) is 0 Å². The summed E-state index contributed by atoms with van der Waals surface area (Å²) in [5, 5.41) is 10.2. The topological polar surface area (TPSA) is 29.5 Å². The van der Waals surface area contributed by atoms with Crippen LogP contribution in [0.3, 0.4) is 0 Å². The third-order valence-corrected chi connectivity index (χ3v) is 2.87. The van der Waals surface area contributed by atoms with Crippen molar-refractivity contribution in [2.24, 2.45) is 0 Å². The molecule has 0 spiro atoms. The Balaban J connectivity index is 2.31. The van der Waals surface area contributed by atoms with E-state index in [-0.39, 0.29) is 0 Å². The first-order chi connectivity index (χ1) is 6.76. The fourth-order valence-electron chi connectivity index (χ4n) is 1.91. The molecule has 0 aliphatic heterocycles. The molecule has 0 bridgehead atoms. The monoisotopic (exact) mass is 192 g/mol. The van der Waals surface area contributed by atoms with Gasteiger partial charge >= 0.3 is 0 Å². The van der Waals surface area contributed by atoms with Crippen LogP contribution >= 0.6 is 0 Å². The van der Waals surface area contributed by atoms with Crippen LogP contribution < -0.4 is 4.74 Å². The van der Waals surface area contributed by atoms with E-state index in [9.17, 15) is 5.11 Å². The Bertz CT molecular complexity index is 316. The maximum atomic E-state index is 10.2. The molecule has 1 aliphatic carbocycles. The van der Waals surface area contributed by atoms with E-state index in [2.05, 4.69) is 0 Å². The quantitative estimate of drug-likeness (QED) is 0.797. The van der Waals surface area contributed by atoms with Crippen LogP contribution in [0.5, 0.6) is 5.75 Å². The lowest BCUT2D eigenvalue weighted by Crippen LogP contribution is -2.34. The van der Waals surface area contributed by atoms with Crippen LogP contribution in [0.25, 0.3) is 0 Å². The smallest absolute Gasteiger partial charge is 0.125 e. The number of ether oxygens (including phenoxy) is 1. The van der Waals surface area contributed by atoms with Crippen molar-refractivity contribution in [3.8, 4) is 5.75 Å². The van der Waals surface area contributed by atoms with E-state index in [1.54, 1.807) is 0 Å². The van der Waals surface area contributed by atoms with Gasteiger partial charge in [-0.2, -0.15) is 0 Å². The number of aliphatic hydroxyl groups is 1. The average Bonchev–Trinajstić information content (AvgIpc) is 2.16. The Kier molecular flexibility index (Phi) is 2.46. The van der Waals surface area contributed by atoms with Crippen molar-refractivity contribution in [2.75, 3.05) is 6.61 Å². The summed E-state index contributed by atoms with van der Waals surface area (Å²) in [5.41, 5.74) is 0.333. The molecule has 0 radical (unpaired) electrons. The predicted molar refractivity (Wildman–Crippen MR) is 55.4 cm³/mol. The molecule has 0 heterocycles. The fourth-order valence-corrected chi connectivity index (χ4v) is 1.91. The fraction of sp³-hybridized carbons (Fsp3) is 0.500. The molecule has 0 unspecified atom stereocenters. The van der Waals surface area contributed by atoms with Crippen molar-refractivity contribution in [3.63, 3.8) is 0 Å². The first-order valence-electron chi connectivity index (χ1n) is 5.21. The van der Waals surface area contributed by atoms with Crippen molar-refractivity contribution in [1.82, 2.24) is 0 Å². The van der Waals surface area contributed by atoms with Crippen molar-refractivity contribution in [2.45, 2.75) is 31.8 Å². The van der Waals surface area contributed by atoms with E-state index >= 15 is 0 Å². The molecule has 14 heavy (non-hydrogen) atoms. The molecule has 1 N–H and O–H groups in total. The second kappa shape index (κ2) is 3.62. The number of hydrogen-bond acceptors (Lipinski definition) is 2. The average molecular weight is 192 g/mol. The van der Waals surface area contributed by atoms with E-state index < -0.39 is 5.60 Å². The van der Waals surface area contributed by atoms with E-state index in [0.29, 0.717) is 6.61 Å². The van der Waals surface area contributed by atoms with Crippen LogP contribution in [0.1, 0.15) is 31.7 Å². The lowest BCUT2D eigenvalue weighted by Gasteiger charge is -2.37. The molecule has 2 nitrogen and oxygen atoms in total. The Hall–Kier alpha value is -1.02. The Morgan fingerprint density at radius 1 is 1.36 bits per heavy atom. The lowest BCUT2D eigenvalue weighted by molar-refractivity contribution is -0.0407. The zero-order valence-corrected chi connectivity index (χ0v) is 8.49. The van der Waals surface area contributed by atoms with Crippen molar-refractivity contribution < 1.29 is 9.84 Å². The standard InChI is InChI=1S/C12H16O2/c1-2-14-11-7-4-3-6-10(11)12(13)8-5-9-12/h3-4,6-7,13H,2,5,8-9H2,1H3. The molecule has 0 saturated heterocycles. The van der Waals surface area contributed by atoms with E-state index in [1.165, 1.54) is 0 Å². The first kappa shape index (κ1) is 9.53. The maximum Gasteiger partial charge on any atom is 0.125 e. The summed E-state index contributed by atoms with van der Waals surface area (Å²) >= 11 is 0. The third-order valence-electron chi connectivity index (χ3n) is 2.87. The second-order valence-electron chi connectivity index (χ2n) is 3.81. The minimum atomic E-state index is -0.619. The molecular formula is C12H16O2. The molecule has 0 atom stereocenters. The highest BCUT2D eigenvalue weighted by atomic mass is 16.5. The summed E-state index contributed by atoms with van der Waals surface area (Å²) in [6.07, 6.45) is 2.82. The Morgan fingerprint density at radius 3 is 2.64 bits per heavy atom. The summed E-state index contributed by atoms with van der Waals surface area (Å²) in [6, 6.07) is 7.78.